The molecule has 2 aromatic carbocycles. The standard InChI is InChI=1S/C24H27N3O5/c1-3-31-17-10-12-18(13-11-17)32-20-9-5-4-8-19(20)25-21(28)16(2)27-22(29)24(26-23(27)30)14-6-7-15-24/h4-5,8-13,16H,3,6-7,14-15H2,1-2H3,(H,25,28)(H,26,30). The summed E-state index contributed by atoms with van der Waals surface area (Å²) < 4.78 is 11.4. The molecule has 0 bridgehead atoms. The van der Waals surface area contributed by atoms with Crippen LogP contribution in [0.5, 0.6) is 17.2 Å². The van der Waals surface area contributed by atoms with E-state index in [1.165, 1.54) is 0 Å². The molecule has 0 radical (unpaired) electrons. The number of para-hydroxylation sites is 2. The van der Waals surface area contributed by atoms with Crippen LogP contribution in [-0.4, -0.2) is 40.9 Å². The highest BCUT2D eigenvalue weighted by molar-refractivity contribution is 6.11. The molecule has 2 N–H and O–H groups in total. The first kappa shape index (κ1) is 21.7. The number of carbonyl (C=O) groups excluding carboxylic acids is 3. The van der Waals surface area contributed by atoms with Crippen molar-refractivity contribution in [2.45, 2.75) is 51.1 Å². The van der Waals surface area contributed by atoms with Crippen molar-refractivity contribution in [2.24, 2.45) is 0 Å². The maximum absolute atomic E-state index is 13.0. The summed E-state index contributed by atoms with van der Waals surface area (Å²) in [4.78, 5) is 39.4. The van der Waals surface area contributed by atoms with Crippen LogP contribution in [0.4, 0.5) is 10.5 Å². The summed E-state index contributed by atoms with van der Waals surface area (Å²) in [6.45, 7) is 4.04. The molecule has 1 heterocycles. The molecular formula is C24H27N3O5. The van der Waals surface area contributed by atoms with E-state index < -0.39 is 23.5 Å². The molecule has 2 fully saturated rings. The van der Waals surface area contributed by atoms with E-state index in [4.69, 9.17) is 9.47 Å². The summed E-state index contributed by atoms with van der Waals surface area (Å²) in [5.74, 6) is 0.985. The molecule has 8 heteroatoms. The molecule has 1 atom stereocenters. The predicted molar refractivity (Wildman–Crippen MR) is 119 cm³/mol. The Hall–Kier alpha value is -3.55. The number of nitrogens with one attached hydrogen (secondary N) is 2. The van der Waals surface area contributed by atoms with E-state index in [1.807, 2.05) is 6.92 Å². The van der Waals surface area contributed by atoms with Gasteiger partial charge in [-0.3, -0.25) is 9.59 Å². The lowest BCUT2D eigenvalue weighted by atomic mass is 9.97. The average molecular weight is 437 g/mol. The number of amides is 4. The van der Waals surface area contributed by atoms with Crippen molar-refractivity contribution < 1.29 is 23.9 Å². The zero-order valence-corrected chi connectivity index (χ0v) is 18.2. The lowest BCUT2D eigenvalue weighted by Gasteiger charge is -2.24. The summed E-state index contributed by atoms with van der Waals surface area (Å²) in [5, 5.41) is 5.61. The van der Waals surface area contributed by atoms with Gasteiger partial charge in [0.05, 0.1) is 12.3 Å². The Morgan fingerprint density at radius 2 is 1.75 bits per heavy atom. The lowest BCUT2D eigenvalue weighted by Crippen LogP contribution is -2.48. The predicted octanol–water partition coefficient (Wildman–Crippen LogP) is 4.07. The average Bonchev–Trinajstić information content (AvgIpc) is 3.35. The summed E-state index contributed by atoms with van der Waals surface area (Å²) in [7, 11) is 0. The molecule has 1 aliphatic carbocycles. The molecule has 1 aliphatic heterocycles. The normalized spacial score (nSPS) is 17.9. The Morgan fingerprint density at radius 1 is 1.09 bits per heavy atom. The smallest absolute Gasteiger partial charge is 0.325 e. The van der Waals surface area contributed by atoms with Crippen LogP contribution in [0.1, 0.15) is 39.5 Å². The fraction of sp³-hybridized carbons (Fsp3) is 0.375. The molecule has 0 aromatic heterocycles. The highest BCUT2D eigenvalue weighted by atomic mass is 16.5. The number of anilines is 1. The van der Waals surface area contributed by atoms with E-state index in [2.05, 4.69) is 10.6 Å². The molecule has 4 rings (SSSR count). The first-order valence-electron chi connectivity index (χ1n) is 10.9. The van der Waals surface area contributed by atoms with Gasteiger partial charge in [0.2, 0.25) is 5.91 Å². The van der Waals surface area contributed by atoms with Gasteiger partial charge in [-0.05, 0) is 63.1 Å². The molecule has 1 saturated carbocycles. The number of ether oxygens (including phenoxy) is 2. The minimum absolute atomic E-state index is 0.318. The summed E-state index contributed by atoms with van der Waals surface area (Å²) in [6.07, 6.45) is 3.00. The quantitative estimate of drug-likeness (QED) is 0.637. The van der Waals surface area contributed by atoms with E-state index in [9.17, 15) is 14.4 Å². The van der Waals surface area contributed by atoms with Gasteiger partial charge in [-0.25, -0.2) is 9.69 Å². The number of nitrogens with zero attached hydrogens (tertiary/aromatic N) is 1. The van der Waals surface area contributed by atoms with Gasteiger partial charge >= 0.3 is 6.03 Å². The molecule has 32 heavy (non-hydrogen) atoms. The number of benzene rings is 2. The Morgan fingerprint density at radius 3 is 2.44 bits per heavy atom. The second-order valence-electron chi connectivity index (χ2n) is 8.06. The van der Waals surface area contributed by atoms with Crippen LogP contribution in [-0.2, 0) is 9.59 Å². The third-order valence-electron chi connectivity index (χ3n) is 5.92. The number of urea groups is 1. The highest BCUT2D eigenvalue weighted by Crippen LogP contribution is 2.36. The first-order chi connectivity index (χ1) is 15.4. The zero-order chi connectivity index (χ0) is 22.7. The Labute approximate surface area is 186 Å². The van der Waals surface area contributed by atoms with Gasteiger partial charge < -0.3 is 20.1 Å². The van der Waals surface area contributed by atoms with Crippen LogP contribution < -0.4 is 20.1 Å². The SMILES string of the molecule is CCOc1ccc(Oc2ccccc2NC(=O)C(C)N2C(=O)NC3(CCCC3)C2=O)cc1. The molecule has 4 amide bonds. The van der Waals surface area contributed by atoms with Crippen molar-refractivity contribution in [3.8, 4) is 17.2 Å². The Kier molecular flexibility index (Phi) is 6.03. The van der Waals surface area contributed by atoms with Crippen molar-refractivity contribution in [1.29, 1.82) is 0 Å². The van der Waals surface area contributed by atoms with Crippen molar-refractivity contribution in [2.75, 3.05) is 11.9 Å². The second-order valence-corrected chi connectivity index (χ2v) is 8.06. The van der Waals surface area contributed by atoms with Gasteiger partial charge in [-0.15, -0.1) is 0 Å². The topological polar surface area (TPSA) is 97.0 Å². The summed E-state index contributed by atoms with van der Waals surface area (Å²) in [6, 6.07) is 12.7. The van der Waals surface area contributed by atoms with Crippen LogP contribution in [0.15, 0.2) is 48.5 Å². The van der Waals surface area contributed by atoms with Gasteiger partial charge in [0.1, 0.15) is 23.1 Å². The molecule has 2 aromatic rings. The minimum atomic E-state index is -0.957. The van der Waals surface area contributed by atoms with Crippen LogP contribution in [0.3, 0.4) is 0 Å². The number of hydrogen-bond donors (Lipinski definition) is 2. The van der Waals surface area contributed by atoms with Crippen LogP contribution in [0.2, 0.25) is 0 Å². The third kappa shape index (κ3) is 4.12. The van der Waals surface area contributed by atoms with E-state index in [0.717, 1.165) is 23.5 Å². The monoisotopic (exact) mass is 437 g/mol. The molecular weight excluding hydrogens is 410 g/mol. The van der Waals surface area contributed by atoms with E-state index >= 15 is 0 Å². The van der Waals surface area contributed by atoms with Crippen molar-refractivity contribution >= 4 is 23.5 Å². The molecule has 8 nitrogen and oxygen atoms in total. The minimum Gasteiger partial charge on any atom is -0.494 e. The first-order valence-corrected chi connectivity index (χ1v) is 10.9. The fourth-order valence-electron chi connectivity index (χ4n) is 4.22. The molecule has 1 spiro atoms. The van der Waals surface area contributed by atoms with Gasteiger partial charge in [0.25, 0.3) is 5.91 Å². The maximum atomic E-state index is 13.0. The van der Waals surface area contributed by atoms with Gasteiger partial charge in [-0.2, -0.15) is 0 Å². The second kappa shape index (κ2) is 8.90. The van der Waals surface area contributed by atoms with Crippen molar-refractivity contribution in [1.82, 2.24) is 10.2 Å². The van der Waals surface area contributed by atoms with Gasteiger partial charge in [0.15, 0.2) is 5.75 Å². The molecule has 1 unspecified atom stereocenters. The number of rotatable bonds is 7. The van der Waals surface area contributed by atoms with Crippen molar-refractivity contribution in [3.05, 3.63) is 48.5 Å². The molecule has 2 aliphatic rings. The Balaban J connectivity index is 1.46. The summed E-state index contributed by atoms with van der Waals surface area (Å²) >= 11 is 0. The van der Waals surface area contributed by atoms with Crippen LogP contribution >= 0.6 is 0 Å². The number of hydrogen-bond acceptors (Lipinski definition) is 5. The van der Waals surface area contributed by atoms with Crippen LogP contribution in [0.25, 0.3) is 0 Å². The molecule has 1 saturated heterocycles. The largest absolute Gasteiger partial charge is 0.494 e. The highest BCUT2D eigenvalue weighted by Gasteiger charge is 2.54. The van der Waals surface area contributed by atoms with Crippen molar-refractivity contribution in [3.63, 3.8) is 0 Å². The molecule has 168 valence electrons. The van der Waals surface area contributed by atoms with Crippen LogP contribution in [0, 0.1) is 0 Å². The Bertz CT molecular complexity index is 1010. The fourth-order valence-corrected chi connectivity index (χ4v) is 4.22. The van der Waals surface area contributed by atoms with E-state index in [0.29, 0.717) is 36.6 Å². The number of carbonyl (C=O) groups is 3. The summed E-state index contributed by atoms with van der Waals surface area (Å²) in [5.41, 5.74) is -0.402. The third-order valence-corrected chi connectivity index (χ3v) is 5.92. The zero-order valence-electron chi connectivity index (χ0n) is 18.2. The van der Waals surface area contributed by atoms with E-state index in [1.54, 1.807) is 55.5 Å². The van der Waals surface area contributed by atoms with E-state index in [-0.39, 0.29) is 5.91 Å². The number of imide groups is 1. The lowest BCUT2D eigenvalue weighted by molar-refractivity contribution is -0.136. The maximum Gasteiger partial charge on any atom is 0.325 e. The van der Waals surface area contributed by atoms with Gasteiger partial charge in [-0.1, -0.05) is 25.0 Å². The van der Waals surface area contributed by atoms with Gasteiger partial charge in [0, 0.05) is 0 Å².